The van der Waals surface area contributed by atoms with E-state index in [1.54, 1.807) is 23.1 Å². The van der Waals surface area contributed by atoms with Crippen molar-refractivity contribution in [2.24, 2.45) is 0 Å². The lowest BCUT2D eigenvalue weighted by Gasteiger charge is -2.10. The van der Waals surface area contributed by atoms with Crippen molar-refractivity contribution in [1.29, 1.82) is 0 Å². The van der Waals surface area contributed by atoms with Crippen molar-refractivity contribution >= 4 is 45.1 Å². The highest BCUT2D eigenvalue weighted by Crippen LogP contribution is 2.32. The van der Waals surface area contributed by atoms with Gasteiger partial charge in [0.2, 0.25) is 0 Å². The van der Waals surface area contributed by atoms with E-state index in [1.165, 1.54) is 0 Å². The number of rotatable bonds is 8. The Morgan fingerprint density at radius 1 is 0.933 bits per heavy atom. The normalized spacial score (nSPS) is 12.0. The highest BCUT2D eigenvalue weighted by molar-refractivity contribution is 8.00. The van der Waals surface area contributed by atoms with Crippen LogP contribution in [0.25, 0.3) is 10.2 Å². The number of halogens is 3. The molecule has 10 heteroatoms. The second-order valence-corrected chi connectivity index (χ2v) is 9.74. The summed E-state index contributed by atoms with van der Waals surface area (Å²) in [6.07, 6.45) is -5.03. The van der Waals surface area contributed by atoms with Crippen molar-refractivity contribution in [2.45, 2.75) is 34.4 Å². The zero-order valence-electron chi connectivity index (χ0n) is 15.7. The summed E-state index contributed by atoms with van der Waals surface area (Å²) >= 11 is 4.26. The van der Waals surface area contributed by atoms with E-state index in [0.29, 0.717) is 17.5 Å². The summed E-state index contributed by atoms with van der Waals surface area (Å²) in [6.45, 7) is 0.512. The summed E-state index contributed by atoms with van der Waals surface area (Å²) in [5.41, 5.74) is 2.00. The largest absolute Gasteiger partial charge is 0.389 e. The summed E-state index contributed by atoms with van der Waals surface area (Å²) in [5, 5.41) is 8.93. The Balaban J connectivity index is 1.51. The molecule has 0 saturated carbocycles. The van der Waals surface area contributed by atoms with Crippen molar-refractivity contribution in [2.75, 3.05) is 5.75 Å². The molecule has 0 N–H and O–H groups in total. The molecule has 4 nitrogen and oxygen atoms in total. The monoisotopic (exact) mass is 466 g/mol. The van der Waals surface area contributed by atoms with Crippen LogP contribution in [0.5, 0.6) is 0 Å². The maximum Gasteiger partial charge on any atom is 0.389 e. The molecule has 4 aromatic rings. The van der Waals surface area contributed by atoms with E-state index >= 15 is 0 Å². The molecule has 0 unspecified atom stereocenters. The van der Waals surface area contributed by atoms with Crippen molar-refractivity contribution < 1.29 is 13.2 Å². The molecule has 0 aliphatic heterocycles. The number of thiazole rings is 1. The molecule has 0 saturated heterocycles. The second kappa shape index (κ2) is 9.40. The highest BCUT2D eigenvalue weighted by Gasteiger charge is 2.27. The molecular weight excluding hydrogens is 449 g/mol. The number of alkyl halides is 3. The van der Waals surface area contributed by atoms with Crippen molar-refractivity contribution in [1.82, 2.24) is 19.7 Å². The van der Waals surface area contributed by atoms with E-state index in [0.717, 1.165) is 37.7 Å². The third kappa shape index (κ3) is 5.55. The molecule has 0 atom stereocenters. The van der Waals surface area contributed by atoms with E-state index in [-0.39, 0.29) is 5.75 Å². The van der Waals surface area contributed by atoms with Gasteiger partial charge in [0, 0.05) is 5.75 Å². The summed E-state index contributed by atoms with van der Waals surface area (Å²) < 4.78 is 41.6. The predicted molar refractivity (Wildman–Crippen MR) is 116 cm³/mol. The number of thioether (sulfide) groups is 2. The number of benzene rings is 2. The van der Waals surface area contributed by atoms with Gasteiger partial charge < -0.3 is 4.57 Å². The number of hydrogen-bond acceptors (Lipinski definition) is 6. The Morgan fingerprint density at radius 3 is 2.47 bits per heavy atom. The molecule has 4 rings (SSSR count). The third-order valence-electron chi connectivity index (χ3n) is 4.19. The quantitative estimate of drug-likeness (QED) is 0.286. The minimum Gasteiger partial charge on any atom is -0.301 e. The summed E-state index contributed by atoms with van der Waals surface area (Å²) in [6, 6.07) is 17.7. The number of fused-ring (bicyclic) bond motifs is 1. The van der Waals surface area contributed by atoms with Crippen LogP contribution in [-0.2, 0) is 12.3 Å². The number of aromatic nitrogens is 4. The van der Waals surface area contributed by atoms with Gasteiger partial charge in [0.15, 0.2) is 9.50 Å². The van der Waals surface area contributed by atoms with Crippen LogP contribution in [0.15, 0.2) is 64.1 Å². The fourth-order valence-electron chi connectivity index (χ4n) is 2.75. The molecule has 156 valence electrons. The SMILES string of the molecule is FC(F)(F)CCSc1nnc(CSc2nc3ccccc3s2)n1Cc1ccccc1. The Bertz CT molecular complexity index is 1080. The third-order valence-corrected chi connectivity index (χ3v) is 7.34. The molecule has 30 heavy (non-hydrogen) atoms. The fraction of sp³-hybridized carbons (Fsp3) is 0.250. The average Bonchev–Trinajstić information content (AvgIpc) is 3.30. The van der Waals surface area contributed by atoms with Gasteiger partial charge in [-0.05, 0) is 17.7 Å². The molecule has 0 spiro atoms. The van der Waals surface area contributed by atoms with Gasteiger partial charge in [-0.25, -0.2) is 4.98 Å². The smallest absolute Gasteiger partial charge is 0.301 e. The van der Waals surface area contributed by atoms with Crippen LogP contribution < -0.4 is 0 Å². The van der Waals surface area contributed by atoms with E-state index in [2.05, 4.69) is 15.2 Å². The topological polar surface area (TPSA) is 43.6 Å². The van der Waals surface area contributed by atoms with Crippen LogP contribution in [-0.4, -0.2) is 31.7 Å². The molecule has 0 radical (unpaired) electrons. The van der Waals surface area contributed by atoms with Crippen molar-refractivity contribution in [3.63, 3.8) is 0 Å². The number of para-hydroxylation sites is 1. The van der Waals surface area contributed by atoms with Gasteiger partial charge in [0.05, 0.1) is 28.9 Å². The van der Waals surface area contributed by atoms with Crippen LogP contribution in [0.2, 0.25) is 0 Å². The van der Waals surface area contributed by atoms with Gasteiger partial charge in [-0.15, -0.1) is 21.5 Å². The molecule has 0 aliphatic rings. The first-order valence-corrected chi connectivity index (χ1v) is 11.9. The lowest BCUT2D eigenvalue weighted by Crippen LogP contribution is -2.10. The van der Waals surface area contributed by atoms with Gasteiger partial charge in [0.25, 0.3) is 0 Å². The average molecular weight is 467 g/mol. The van der Waals surface area contributed by atoms with Crippen LogP contribution in [0.4, 0.5) is 13.2 Å². The molecule has 0 fully saturated rings. The minimum atomic E-state index is -4.18. The molecule has 0 bridgehead atoms. The van der Waals surface area contributed by atoms with E-state index in [1.807, 2.05) is 59.2 Å². The first kappa shape index (κ1) is 21.2. The lowest BCUT2D eigenvalue weighted by atomic mass is 10.2. The van der Waals surface area contributed by atoms with Crippen molar-refractivity contribution in [3.05, 3.63) is 66.0 Å². The summed E-state index contributed by atoms with van der Waals surface area (Å²) in [5.74, 6) is 1.18. The summed E-state index contributed by atoms with van der Waals surface area (Å²) in [7, 11) is 0. The molecule has 0 aliphatic carbocycles. The standard InChI is InChI=1S/C20H17F3N4S3/c21-20(22,23)10-11-28-18-26-25-17(27(18)12-14-6-2-1-3-7-14)13-29-19-24-15-8-4-5-9-16(15)30-19/h1-9H,10-13H2. The Morgan fingerprint density at radius 2 is 1.70 bits per heavy atom. The predicted octanol–water partition coefficient (Wildman–Crippen LogP) is 6.27. The van der Waals surface area contributed by atoms with Crippen LogP contribution in [0.1, 0.15) is 17.8 Å². The van der Waals surface area contributed by atoms with Crippen LogP contribution in [0.3, 0.4) is 0 Å². The van der Waals surface area contributed by atoms with E-state index < -0.39 is 12.6 Å². The molecule has 2 aromatic carbocycles. The molecule has 2 heterocycles. The number of hydrogen-bond donors (Lipinski definition) is 0. The molecular formula is C20H17F3N4S3. The molecule has 0 amide bonds. The van der Waals surface area contributed by atoms with Gasteiger partial charge in [-0.2, -0.15) is 13.2 Å². The minimum absolute atomic E-state index is 0.0819. The zero-order chi connectivity index (χ0) is 21.0. The van der Waals surface area contributed by atoms with Crippen molar-refractivity contribution in [3.8, 4) is 0 Å². The second-order valence-electron chi connectivity index (χ2n) is 6.42. The van der Waals surface area contributed by atoms with Crippen LogP contribution in [0, 0.1) is 0 Å². The fourth-order valence-corrected chi connectivity index (χ4v) is 5.70. The summed E-state index contributed by atoms with van der Waals surface area (Å²) in [4.78, 5) is 4.62. The molecule has 2 aromatic heterocycles. The Kier molecular flexibility index (Phi) is 6.64. The number of nitrogens with zero attached hydrogens (tertiary/aromatic N) is 4. The van der Waals surface area contributed by atoms with Gasteiger partial charge in [-0.1, -0.05) is 66.0 Å². The maximum atomic E-state index is 12.5. The van der Waals surface area contributed by atoms with Crippen LogP contribution >= 0.6 is 34.9 Å². The Labute approximate surface area is 183 Å². The van der Waals surface area contributed by atoms with Gasteiger partial charge in [-0.3, -0.25) is 0 Å². The van der Waals surface area contributed by atoms with E-state index in [4.69, 9.17) is 0 Å². The first-order valence-electron chi connectivity index (χ1n) is 9.12. The first-order chi connectivity index (χ1) is 14.5. The van der Waals surface area contributed by atoms with E-state index in [9.17, 15) is 13.2 Å². The lowest BCUT2D eigenvalue weighted by molar-refractivity contribution is -0.129. The van der Waals surface area contributed by atoms with Gasteiger partial charge >= 0.3 is 6.18 Å². The van der Waals surface area contributed by atoms with Gasteiger partial charge in [0.1, 0.15) is 5.82 Å². The highest BCUT2D eigenvalue weighted by atomic mass is 32.2. The maximum absolute atomic E-state index is 12.5. The Hall–Kier alpha value is -2.04. The zero-order valence-corrected chi connectivity index (χ0v) is 18.1.